The van der Waals surface area contributed by atoms with Crippen LogP contribution in [0.25, 0.3) is 0 Å². The number of nitrogens with zero attached hydrogens (tertiary/aromatic N) is 3. The highest BCUT2D eigenvalue weighted by atomic mass is 19.3. The van der Waals surface area contributed by atoms with Gasteiger partial charge in [-0.25, -0.2) is 8.78 Å². The van der Waals surface area contributed by atoms with Gasteiger partial charge >= 0.3 is 7.12 Å². The fourth-order valence-electron chi connectivity index (χ4n) is 9.40. The quantitative estimate of drug-likeness (QED) is 0.347. The van der Waals surface area contributed by atoms with Gasteiger partial charge in [0.2, 0.25) is 11.8 Å². The number of hydrogen-bond acceptors (Lipinski definition) is 6. The third-order valence-corrected chi connectivity index (χ3v) is 12.4. The Labute approximate surface area is 279 Å². The second-order valence-corrected chi connectivity index (χ2v) is 16.4. The van der Waals surface area contributed by atoms with Crippen LogP contribution >= 0.6 is 0 Å². The van der Waals surface area contributed by atoms with Crippen molar-refractivity contribution in [2.24, 2.45) is 29.1 Å². The van der Waals surface area contributed by atoms with Crippen molar-refractivity contribution in [2.45, 2.75) is 115 Å². The highest BCUT2D eigenvalue weighted by Crippen LogP contribution is 2.65. The number of halogens is 2. The summed E-state index contributed by atoms with van der Waals surface area (Å²) in [7, 11) is -0.552. The van der Waals surface area contributed by atoms with Crippen LogP contribution in [0.3, 0.4) is 0 Å². The first kappa shape index (κ1) is 34.3. The van der Waals surface area contributed by atoms with Crippen molar-refractivity contribution in [1.29, 1.82) is 5.26 Å². The van der Waals surface area contributed by atoms with Crippen molar-refractivity contribution >= 4 is 18.9 Å². The minimum absolute atomic E-state index is 0.0115. The monoisotopic (exact) mass is 652 g/mol. The van der Waals surface area contributed by atoms with Crippen molar-refractivity contribution in [3.05, 3.63) is 35.9 Å². The number of carbonyl (C=O) groups excluding carboxylic acids is 2. The van der Waals surface area contributed by atoms with Gasteiger partial charge in [0.25, 0.3) is 5.92 Å². The van der Waals surface area contributed by atoms with Gasteiger partial charge in [0.1, 0.15) is 5.92 Å². The standard InChI is InChI=1S/C36H51BF2N4O4/c1-33(2,43-15-13-36(38,39)23-43)20-26(21-40)32(45)42-14-9-12-25(22-42)17-31(44)41-30(16-24-10-7-6-8-11-24)37-46-29-19-27-18-28(34(27,3)4)35(29,5)47-37/h6-8,10-11,25-30H,9,12-20,22-23H2,1-5H3,(H,41,44)/t25-,26?,27+,28+,29-,30+,35+/m1/s1. The van der Waals surface area contributed by atoms with Crippen LogP contribution in [0, 0.1) is 40.4 Å². The van der Waals surface area contributed by atoms with E-state index in [1.807, 2.05) is 32.0 Å². The predicted molar refractivity (Wildman–Crippen MR) is 175 cm³/mol. The number of likely N-dealkylation sites (tertiary alicyclic amines) is 2. The lowest BCUT2D eigenvalue weighted by Crippen LogP contribution is -2.65. The molecule has 3 aliphatic carbocycles. The van der Waals surface area contributed by atoms with E-state index < -0.39 is 24.5 Å². The molecule has 3 saturated carbocycles. The van der Waals surface area contributed by atoms with E-state index >= 15 is 0 Å². The van der Waals surface area contributed by atoms with Crippen LogP contribution in [0.15, 0.2) is 30.3 Å². The molecular weight excluding hydrogens is 601 g/mol. The van der Waals surface area contributed by atoms with Gasteiger partial charge in [-0.2, -0.15) is 5.26 Å². The fraction of sp³-hybridized carbons (Fsp3) is 0.750. The zero-order valence-electron chi connectivity index (χ0n) is 28.6. The van der Waals surface area contributed by atoms with Crippen molar-refractivity contribution in [3.63, 3.8) is 0 Å². The molecule has 1 unspecified atom stereocenters. The minimum Gasteiger partial charge on any atom is -0.404 e. The van der Waals surface area contributed by atoms with E-state index in [2.05, 4.69) is 44.3 Å². The van der Waals surface area contributed by atoms with Gasteiger partial charge < -0.3 is 19.5 Å². The zero-order chi connectivity index (χ0) is 33.8. The molecule has 1 N–H and O–H groups in total. The van der Waals surface area contributed by atoms with Crippen molar-refractivity contribution in [2.75, 3.05) is 26.2 Å². The third kappa shape index (κ3) is 6.84. The largest absolute Gasteiger partial charge is 0.482 e. The molecule has 1 aromatic carbocycles. The summed E-state index contributed by atoms with van der Waals surface area (Å²) in [6, 6.07) is 12.2. The Balaban J connectivity index is 1.08. The number of hydrogen-bond donors (Lipinski definition) is 1. The maximum absolute atomic E-state index is 13.9. The SMILES string of the molecule is CC1(C)[C@@H]2C[C@H]3OB([C@H](Cc4ccccc4)NC(=O)C[C@H]4CCCN(C(=O)C(C#N)CC(C)(C)N5CCC(F)(F)C5)C4)O[C@@]3(C)[C@H]1C2. The highest BCUT2D eigenvalue weighted by molar-refractivity contribution is 6.48. The van der Waals surface area contributed by atoms with Crippen LogP contribution < -0.4 is 5.32 Å². The Kier molecular flexibility index (Phi) is 9.29. The molecule has 7 rings (SSSR count). The maximum atomic E-state index is 13.9. The summed E-state index contributed by atoms with van der Waals surface area (Å²) in [6.45, 7) is 11.3. The number of carbonyl (C=O) groups is 2. The van der Waals surface area contributed by atoms with Gasteiger partial charge in [0.15, 0.2) is 0 Å². The number of alkyl halides is 2. The molecule has 1 aromatic rings. The summed E-state index contributed by atoms with van der Waals surface area (Å²) in [5.41, 5.74) is 0.212. The van der Waals surface area contributed by atoms with Crippen LogP contribution in [0.4, 0.5) is 8.78 Å². The van der Waals surface area contributed by atoms with E-state index in [9.17, 15) is 23.6 Å². The maximum Gasteiger partial charge on any atom is 0.482 e. The molecule has 3 heterocycles. The number of piperidine rings is 1. The molecule has 0 radical (unpaired) electrons. The van der Waals surface area contributed by atoms with Crippen LogP contribution in [-0.4, -0.2) is 84.0 Å². The van der Waals surface area contributed by atoms with E-state index in [0.29, 0.717) is 31.3 Å². The summed E-state index contributed by atoms with van der Waals surface area (Å²) in [5.74, 6) is -3.41. The second kappa shape index (κ2) is 12.7. The lowest BCUT2D eigenvalue weighted by atomic mass is 9.43. The summed E-state index contributed by atoms with van der Waals surface area (Å²) < 4.78 is 41.2. The Morgan fingerprint density at radius 1 is 1.17 bits per heavy atom. The third-order valence-electron chi connectivity index (χ3n) is 12.4. The van der Waals surface area contributed by atoms with E-state index in [1.165, 1.54) is 0 Å². The molecule has 2 amide bonds. The average Bonchev–Trinajstić information content (AvgIpc) is 3.58. The van der Waals surface area contributed by atoms with Crippen LogP contribution in [0.1, 0.15) is 85.1 Å². The topological polar surface area (TPSA) is 94.9 Å². The zero-order valence-corrected chi connectivity index (χ0v) is 28.6. The molecule has 0 spiro atoms. The molecule has 6 fully saturated rings. The highest BCUT2D eigenvalue weighted by Gasteiger charge is 2.68. The average molecular weight is 653 g/mol. The number of rotatable bonds is 10. The number of nitriles is 1. The van der Waals surface area contributed by atoms with Gasteiger partial charge in [-0.1, -0.05) is 44.2 Å². The molecule has 3 aliphatic heterocycles. The first-order valence-corrected chi connectivity index (χ1v) is 17.6. The van der Waals surface area contributed by atoms with Crippen molar-refractivity contribution in [3.8, 4) is 6.07 Å². The molecule has 7 atom stereocenters. The smallest absolute Gasteiger partial charge is 0.404 e. The summed E-state index contributed by atoms with van der Waals surface area (Å²) in [6.07, 6.45) is 4.49. The number of benzene rings is 1. The number of nitrogens with one attached hydrogen (secondary N) is 1. The van der Waals surface area contributed by atoms with E-state index in [0.717, 1.165) is 31.2 Å². The van der Waals surface area contributed by atoms with Crippen LogP contribution in [0.2, 0.25) is 0 Å². The molecule has 256 valence electrons. The first-order valence-electron chi connectivity index (χ1n) is 17.6. The number of amides is 2. The van der Waals surface area contributed by atoms with Crippen molar-refractivity contribution in [1.82, 2.24) is 15.1 Å². The summed E-state index contributed by atoms with van der Waals surface area (Å²) >= 11 is 0. The fourth-order valence-corrected chi connectivity index (χ4v) is 9.40. The first-order chi connectivity index (χ1) is 22.1. The van der Waals surface area contributed by atoms with E-state index in [-0.39, 0.29) is 73.1 Å². The molecule has 6 aliphatic rings. The normalized spacial score (nSPS) is 32.6. The second-order valence-electron chi connectivity index (χ2n) is 16.4. The Hall–Kier alpha value is -2.55. The van der Waals surface area contributed by atoms with Crippen LogP contribution in [0.5, 0.6) is 0 Å². The minimum atomic E-state index is -2.74. The van der Waals surface area contributed by atoms with Gasteiger partial charge in [-0.15, -0.1) is 0 Å². The van der Waals surface area contributed by atoms with Gasteiger partial charge in [0.05, 0.1) is 30.3 Å². The van der Waals surface area contributed by atoms with Gasteiger partial charge in [-0.05, 0) is 88.0 Å². The summed E-state index contributed by atoms with van der Waals surface area (Å²) in [5, 5.41) is 13.2. The van der Waals surface area contributed by atoms with Gasteiger partial charge in [-0.3, -0.25) is 14.5 Å². The lowest BCUT2D eigenvalue weighted by molar-refractivity contribution is -0.199. The Morgan fingerprint density at radius 2 is 1.91 bits per heavy atom. The summed E-state index contributed by atoms with van der Waals surface area (Å²) in [4.78, 5) is 30.6. The molecule has 8 nitrogen and oxygen atoms in total. The predicted octanol–water partition coefficient (Wildman–Crippen LogP) is 5.26. The lowest BCUT2D eigenvalue weighted by Gasteiger charge is -2.64. The molecule has 11 heteroatoms. The molecular formula is C36H51BF2N4O4. The van der Waals surface area contributed by atoms with Crippen molar-refractivity contribution < 1.29 is 27.7 Å². The Morgan fingerprint density at radius 3 is 2.57 bits per heavy atom. The molecule has 47 heavy (non-hydrogen) atoms. The molecule has 2 bridgehead atoms. The van der Waals surface area contributed by atoms with E-state index in [4.69, 9.17) is 9.31 Å². The Bertz CT molecular complexity index is 1370. The van der Waals surface area contributed by atoms with E-state index in [1.54, 1.807) is 9.80 Å². The van der Waals surface area contributed by atoms with Crippen LogP contribution in [-0.2, 0) is 25.3 Å². The molecule has 3 saturated heterocycles. The molecule has 0 aromatic heterocycles. The van der Waals surface area contributed by atoms with Gasteiger partial charge in [0, 0.05) is 38.0 Å².